The van der Waals surface area contributed by atoms with Crippen molar-refractivity contribution >= 4 is 39.2 Å². The third-order valence-corrected chi connectivity index (χ3v) is 6.19. The number of fused-ring (bicyclic) bond motifs is 1. The van der Waals surface area contributed by atoms with Crippen LogP contribution >= 0.6 is 23.1 Å². The summed E-state index contributed by atoms with van der Waals surface area (Å²) in [6, 6.07) is 16.7. The number of carbonyl (C=O) groups excluding carboxylic acids is 1. The molecule has 0 saturated heterocycles. The Kier molecular flexibility index (Phi) is 6.10. The molecule has 0 N–H and O–H groups in total. The molecule has 1 aromatic heterocycles. The Morgan fingerprint density at radius 3 is 2.80 bits per heavy atom. The van der Waals surface area contributed by atoms with Crippen LogP contribution in [-0.4, -0.2) is 16.2 Å². The van der Waals surface area contributed by atoms with E-state index in [-0.39, 0.29) is 5.91 Å². The summed E-state index contributed by atoms with van der Waals surface area (Å²) in [5.74, 6) is 1.95. The average molecular weight is 371 g/mol. The molecule has 0 saturated carbocycles. The monoisotopic (exact) mass is 370 g/mol. The van der Waals surface area contributed by atoms with E-state index < -0.39 is 0 Å². The fraction of sp³-hybridized carbons (Fsp3) is 0.300. The molecule has 3 nitrogen and oxygen atoms in total. The summed E-state index contributed by atoms with van der Waals surface area (Å²) in [5, 5.41) is 0. The zero-order valence-corrected chi connectivity index (χ0v) is 16.2. The van der Waals surface area contributed by atoms with Gasteiger partial charge in [0.1, 0.15) is 0 Å². The van der Waals surface area contributed by atoms with Crippen LogP contribution in [0.1, 0.15) is 24.0 Å². The van der Waals surface area contributed by atoms with Crippen LogP contribution in [0.15, 0.2) is 53.5 Å². The lowest BCUT2D eigenvalue weighted by Crippen LogP contribution is -2.13. The Bertz CT molecular complexity index is 926. The van der Waals surface area contributed by atoms with E-state index in [9.17, 15) is 4.79 Å². The lowest BCUT2D eigenvalue weighted by molar-refractivity contribution is -0.118. The van der Waals surface area contributed by atoms with E-state index >= 15 is 0 Å². The quantitative estimate of drug-likeness (QED) is 0.590. The van der Waals surface area contributed by atoms with Crippen molar-refractivity contribution in [3.05, 3.63) is 64.5 Å². The molecule has 130 valence electrons. The number of benzene rings is 2. The second-order valence-corrected chi connectivity index (χ2v) is 8.18. The number of nitrogens with zero attached hydrogens (tertiary/aromatic N) is 2. The molecular formula is C20H22N2OS2. The topological polar surface area (TPSA) is 34.4 Å². The number of carbonyl (C=O) groups is 1. The van der Waals surface area contributed by atoms with Crippen molar-refractivity contribution in [3.63, 3.8) is 0 Å². The molecule has 3 rings (SSSR count). The minimum absolute atomic E-state index is 0.0285. The zero-order chi connectivity index (χ0) is 17.6. The van der Waals surface area contributed by atoms with Gasteiger partial charge in [-0.15, -0.1) is 0 Å². The Labute approximate surface area is 156 Å². The standard InChI is InChI=1S/C20H22N2OS2/c1-15-10-11-17-18(13-15)25-20(22(17)2)21-19(23)9-6-12-24-14-16-7-4-3-5-8-16/h3-5,7-8,10-11,13H,6,9,12,14H2,1-2H3. The molecule has 2 aromatic carbocycles. The first-order chi connectivity index (χ1) is 12.1. The second-order valence-electron chi connectivity index (χ2n) is 6.06. The van der Waals surface area contributed by atoms with E-state index in [0.29, 0.717) is 6.42 Å². The minimum atomic E-state index is -0.0285. The Hall–Kier alpha value is -1.85. The number of aryl methyl sites for hydroxylation is 2. The maximum atomic E-state index is 12.2. The summed E-state index contributed by atoms with van der Waals surface area (Å²) >= 11 is 3.44. The van der Waals surface area contributed by atoms with E-state index in [1.807, 2.05) is 29.4 Å². The molecule has 0 aliphatic carbocycles. The van der Waals surface area contributed by atoms with Gasteiger partial charge in [-0.25, -0.2) is 0 Å². The molecule has 0 fully saturated rings. The largest absolute Gasteiger partial charge is 0.319 e. The maximum absolute atomic E-state index is 12.2. The number of hydrogen-bond donors (Lipinski definition) is 0. The van der Waals surface area contributed by atoms with Crippen LogP contribution in [-0.2, 0) is 17.6 Å². The molecule has 0 spiro atoms. The van der Waals surface area contributed by atoms with Crippen LogP contribution in [0.2, 0.25) is 0 Å². The Morgan fingerprint density at radius 2 is 2.00 bits per heavy atom. The molecular weight excluding hydrogens is 348 g/mol. The third-order valence-electron chi connectivity index (χ3n) is 3.98. The van der Waals surface area contributed by atoms with Gasteiger partial charge in [0.05, 0.1) is 10.2 Å². The van der Waals surface area contributed by atoms with Gasteiger partial charge in [-0.1, -0.05) is 47.7 Å². The van der Waals surface area contributed by atoms with Crippen molar-refractivity contribution in [2.75, 3.05) is 5.75 Å². The fourth-order valence-electron chi connectivity index (χ4n) is 2.60. The predicted octanol–water partition coefficient (Wildman–Crippen LogP) is 4.69. The lowest BCUT2D eigenvalue weighted by Gasteiger charge is -2.00. The fourth-order valence-corrected chi connectivity index (χ4v) is 4.65. The number of hydrogen-bond acceptors (Lipinski definition) is 3. The minimum Gasteiger partial charge on any atom is -0.319 e. The summed E-state index contributed by atoms with van der Waals surface area (Å²) in [4.78, 5) is 17.3. The highest BCUT2D eigenvalue weighted by Crippen LogP contribution is 2.18. The predicted molar refractivity (Wildman–Crippen MR) is 108 cm³/mol. The van der Waals surface area contributed by atoms with Crippen LogP contribution in [0.3, 0.4) is 0 Å². The first-order valence-electron chi connectivity index (χ1n) is 8.39. The molecule has 0 aliphatic heterocycles. The number of thioether (sulfide) groups is 1. The summed E-state index contributed by atoms with van der Waals surface area (Å²) in [6.07, 6.45) is 1.38. The molecule has 0 unspecified atom stereocenters. The highest BCUT2D eigenvalue weighted by Gasteiger charge is 2.05. The highest BCUT2D eigenvalue weighted by molar-refractivity contribution is 7.98. The average Bonchev–Trinajstić information content (AvgIpc) is 2.90. The van der Waals surface area contributed by atoms with Gasteiger partial charge in [-0.05, 0) is 42.4 Å². The van der Waals surface area contributed by atoms with Crippen molar-refractivity contribution in [1.82, 2.24) is 4.57 Å². The van der Waals surface area contributed by atoms with Crippen LogP contribution in [0.5, 0.6) is 0 Å². The van der Waals surface area contributed by atoms with Crippen LogP contribution in [0, 0.1) is 6.92 Å². The van der Waals surface area contributed by atoms with Gasteiger partial charge >= 0.3 is 0 Å². The third kappa shape index (κ3) is 4.83. The lowest BCUT2D eigenvalue weighted by atomic mass is 10.2. The molecule has 0 atom stereocenters. The molecule has 1 heterocycles. The van der Waals surface area contributed by atoms with Gasteiger partial charge in [0.2, 0.25) is 5.91 Å². The van der Waals surface area contributed by atoms with E-state index in [2.05, 4.69) is 54.4 Å². The first kappa shape index (κ1) is 18.0. The summed E-state index contributed by atoms with van der Waals surface area (Å²) < 4.78 is 3.18. The SMILES string of the molecule is Cc1ccc2c(c1)sc(=NC(=O)CCCSCc1ccccc1)n2C. The van der Waals surface area contributed by atoms with Gasteiger partial charge in [-0.2, -0.15) is 16.8 Å². The van der Waals surface area contributed by atoms with Crippen LogP contribution in [0.4, 0.5) is 0 Å². The molecule has 0 radical (unpaired) electrons. The van der Waals surface area contributed by atoms with Gasteiger partial charge in [0.25, 0.3) is 0 Å². The molecule has 0 aliphatic rings. The number of thiazole rings is 1. The highest BCUT2D eigenvalue weighted by atomic mass is 32.2. The molecule has 1 amide bonds. The number of rotatable bonds is 6. The molecule has 5 heteroatoms. The van der Waals surface area contributed by atoms with Crippen LogP contribution < -0.4 is 4.80 Å². The van der Waals surface area contributed by atoms with Crippen molar-refractivity contribution in [3.8, 4) is 0 Å². The molecule has 0 bridgehead atoms. The van der Waals surface area contributed by atoms with E-state index in [1.54, 1.807) is 11.3 Å². The van der Waals surface area contributed by atoms with Gasteiger partial charge in [0, 0.05) is 19.2 Å². The summed E-state index contributed by atoms with van der Waals surface area (Å²) in [7, 11) is 1.97. The molecule has 3 aromatic rings. The van der Waals surface area contributed by atoms with Crippen molar-refractivity contribution < 1.29 is 4.79 Å². The first-order valence-corrected chi connectivity index (χ1v) is 10.4. The normalized spacial score (nSPS) is 12.0. The Balaban J connectivity index is 1.53. The van der Waals surface area contributed by atoms with E-state index in [1.165, 1.54) is 15.8 Å². The number of amides is 1. The van der Waals surface area contributed by atoms with Gasteiger partial charge in [0.15, 0.2) is 4.80 Å². The molecule has 25 heavy (non-hydrogen) atoms. The van der Waals surface area contributed by atoms with E-state index in [4.69, 9.17) is 0 Å². The van der Waals surface area contributed by atoms with Gasteiger partial charge < -0.3 is 4.57 Å². The van der Waals surface area contributed by atoms with Crippen molar-refractivity contribution in [1.29, 1.82) is 0 Å². The number of aromatic nitrogens is 1. The van der Waals surface area contributed by atoms with Gasteiger partial charge in [-0.3, -0.25) is 4.79 Å². The zero-order valence-electron chi connectivity index (χ0n) is 14.6. The van der Waals surface area contributed by atoms with Crippen LogP contribution in [0.25, 0.3) is 10.2 Å². The Morgan fingerprint density at radius 1 is 1.20 bits per heavy atom. The maximum Gasteiger partial charge on any atom is 0.248 e. The van der Waals surface area contributed by atoms with Crippen molar-refractivity contribution in [2.45, 2.75) is 25.5 Å². The second kappa shape index (κ2) is 8.50. The smallest absolute Gasteiger partial charge is 0.248 e. The summed E-state index contributed by atoms with van der Waals surface area (Å²) in [5.41, 5.74) is 3.68. The van der Waals surface area contributed by atoms with Crippen molar-refractivity contribution in [2.24, 2.45) is 12.0 Å². The summed E-state index contributed by atoms with van der Waals surface area (Å²) in [6.45, 7) is 2.08. The van der Waals surface area contributed by atoms with E-state index in [0.717, 1.165) is 28.2 Å².